The second-order valence-corrected chi connectivity index (χ2v) is 5.91. The number of amides is 1. The van der Waals surface area contributed by atoms with Gasteiger partial charge in [0.25, 0.3) is 0 Å². The largest absolute Gasteiger partial charge is 0.334 e. The van der Waals surface area contributed by atoms with Crippen LogP contribution in [0.1, 0.15) is 21.6 Å². The summed E-state index contributed by atoms with van der Waals surface area (Å²) in [5.74, 6) is -0.000377. The number of nitriles is 1. The molecule has 21 heavy (non-hydrogen) atoms. The average Bonchev–Trinajstić information content (AvgIpc) is 3.00. The first-order valence-corrected chi connectivity index (χ1v) is 7.67. The predicted octanol–water partition coefficient (Wildman–Crippen LogP) is 3.22. The number of rotatable bonds is 2. The minimum Gasteiger partial charge on any atom is -0.334 e. The van der Waals surface area contributed by atoms with E-state index in [4.69, 9.17) is 5.26 Å². The molecule has 1 amide bonds. The van der Waals surface area contributed by atoms with E-state index in [1.165, 1.54) is 10.4 Å². The van der Waals surface area contributed by atoms with E-state index in [-0.39, 0.29) is 5.91 Å². The number of thiophene rings is 1. The Bertz CT molecular complexity index is 739. The molecular formula is C17H14N2OS. The molecular weight excluding hydrogens is 280 g/mol. The molecule has 0 bridgehead atoms. The first kappa shape index (κ1) is 13.6. The monoisotopic (exact) mass is 294 g/mol. The molecule has 0 radical (unpaired) electrons. The lowest BCUT2D eigenvalue weighted by atomic mass is 10.1. The third-order valence-corrected chi connectivity index (χ3v) is 4.63. The molecule has 104 valence electrons. The summed E-state index contributed by atoms with van der Waals surface area (Å²) in [4.78, 5) is 15.5. The maximum absolute atomic E-state index is 12.3. The Morgan fingerprint density at radius 3 is 3.05 bits per heavy atom. The average molecular weight is 294 g/mol. The summed E-state index contributed by atoms with van der Waals surface area (Å²) >= 11 is 1.76. The number of hydrogen-bond donors (Lipinski definition) is 0. The molecule has 0 unspecified atom stereocenters. The van der Waals surface area contributed by atoms with Gasteiger partial charge in [0, 0.05) is 24.0 Å². The third kappa shape index (κ3) is 2.88. The number of benzene rings is 1. The van der Waals surface area contributed by atoms with E-state index in [9.17, 15) is 4.79 Å². The van der Waals surface area contributed by atoms with Gasteiger partial charge in [-0.25, -0.2) is 0 Å². The van der Waals surface area contributed by atoms with Crippen molar-refractivity contribution in [1.29, 1.82) is 5.26 Å². The lowest BCUT2D eigenvalue weighted by Crippen LogP contribution is -2.34. The zero-order valence-corrected chi connectivity index (χ0v) is 12.3. The van der Waals surface area contributed by atoms with Gasteiger partial charge in [-0.15, -0.1) is 11.3 Å². The molecule has 3 nitrogen and oxygen atoms in total. The molecule has 0 atom stereocenters. The van der Waals surface area contributed by atoms with E-state index in [1.807, 2.05) is 23.1 Å². The van der Waals surface area contributed by atoms with Crippen molar-refractivity contribution in [3.8, 4) is 6.07 Å². The van der Waals surface area contributed by atoms with Gasteiger partial charge in [-0.05, 0) is 41.1 Å². The standard InChI is InChI=1S/C17H14N2OS/c18-11-14-4-2-1-3-13(14)5-6-17(20)19-9-7-16-15(12-19)8-10-21-16/h1-6,8,10H,7,9,12H2. The first-order valence-electron chi connectivity index (χ1n) is 6.79. The van der Waals surface area contributed by atoms with Gasteiger partial charge in [-0.3, -0.25) is 4.79 Å². The zero-order chi connectivity index (χ0) is 14.7. The topological polar surface area (TPSA) is 44.1 Å². The normalized spacial score (nSPS) is 14.0. The summed E-state index contributed by atoms with van der Waals surface area (Å²) in [5.41, 5.74) is 2.62. The van der Waals surface area contributed by atoms with E-state index >= 15 is 0 Å². The van der Waals surface area contributed by atoms with Gasteiger partial charge >= 0.3 is 0 Å². The molecule has 0 aliphatic carbocycles. The molecule has 2 heterocycles. The highest BCUT2D eigenvalue weighted by Gasteiger charge is 2.19. The fourth-order valence-electron chi connectivity index (χ4n) is 2.45. The van der Waals surface area contributed by atoms with E-state index in [2.05, 4.69) is 17.5 Å². The van der Waals surface area contributed by atoms with Gasteiger partial charge in [-0.2, -0.15) is 5.26 Å². The Hall–Kier alpha value is -2.38. The minimum atomic E-state index is -0.000377. The number of fused-ring (bicyclic) bond motifs is 1. The molecule has 0 saturated heterocycles. The lowest BCUT2D eigenvalue weighted by molar-refractivity contribution is -0.126. The van der Waals surface area contributed by atoms with Crippen LogP contribution >= 0.6 is 11.3 Å². The van der Waals surface area contributed by atoms with Gasteiger partial charge in [0.2, 0.25) is 5.91 Å². The fraction of sp³-hybridized carbons (Fsp3) is 0.176. The van der Waals surface area contributed by atoms with Crippen molar-refractivity contribution < 1.29 is 4.79 Å². The Balaban J connectivity index is 1.73. The van der Waals surface area contributed by atoms with Crippen molar-refractivity contribution in [2.75, 3.05) is 6.54 Å². The number of carbonyl (C=O) groups is 1. The maximum Gasteiger partial charge on any atom is 0.246 e. The summed E-state index contributed by atoms with van der Waals surface area (Å²) in [6.45, 7) is 1.44. The van der Waals surface area contributed by atoms with Gasteiger partial charge in [0.05, 0.1) is 11.6 Å². The molecule has 1 aliphatic rings. The van der Waals surface area contributed by atoms with E-state index in [0.29, 0.717) is 12.1 Å². The second-order valence-electron chi connectivity index (χ2n) is 4.91. The third-order valence-electron chi connectivity index (χ3n) is 3.61. The maximum atomic E-state index is 12.3. The first-order chi connectivity index (χ1) is 10.3. The predicted molar refractivity (Wildman–Crippen MR) is 83.6 cm³/mol. The minimum absolute atomic E-state index is 0.000377. The van der Waals surface area contributed by atoms with Crippen LogP contribution in [0.25, 0.3) is 6.08 Å². The fourth-order valence-corrected chi connectivity index (χ4v) is 3.34. The Kier molecular flexibility index (Phi) is 3.85. The quantitative estimate of drug-likeness (QED) is 0.798. The Labute approximate surface area is 127 Å². The summed E-state index contributed by atoms with van der Waals surface area (Å²) in [5, 5.41) is 11.1. The zero-order valence-electron chi connectivity index (χ0n) is 11.5. The highest BCUT2D eigenvalue weighted by atomic mass is 32.1. The van der Waals surface area contributed by atoms with Crippen LogP contribution < -0.4 is 0 Å². The van der Waals surface area contributed by atoms with Crippen molar-refractivity contribution in [2.45, 2.75) is 13.0 Å². The van der Waals surface area contributed by atoms with Gasteiger partial charge in [0.15, 0.2) is 0 Å². The summed E-state index contributed by atoms with van der Waals surface area (Å²) < 4.78 is 0. The van der Waals surface area contributed by atoms with Crippen LogP contribution in [0.4, 0.5) is 0 Å². The summed E-state index contributed by atoms with van der Waals surface area (Å²) in [6.07, 6.45) is 4.22. The molecule has 3 rings (SSSR count). The van der Waals surface area contributed by atoms with Crippen molar-refractivity contribution in [2.24, 2.45) is 0 Å². The SMILES string of the molecule is N#Cc1ccccc1C=CC(=O)N1CCc2sccc2C1. The van der Waals surface area contributed by atoms with Crippen LogP contribution in [0, 0.1) is 11.3 Å². The van der Waals surface area contributed by atoms with Crippen LogP contribution in [0.15, 0.2) is 41.8 Å². The number of hydrogen-bond acceptors (Lipinski definition) is 3. The van der Waals surface area contributed by atoms with E-state index in [1.54, 1.807) is 29.6 Å². The molecule has 0 fully saturated rings. The summed E-state index contributed by atoms with van der Waals surface area (Å²) in [6, 6.07) is 11.5. The highest BCUT2D eigenvalue weighted by Crippen LogP contribution is 2.24. The van der Waals surface area contributed by atoms with Crippen molar-refractivity contribution >= 4 is 23.3 Å². The molecule has 0 spiro atoms. The Morgan fingerprint density at radius 2 is 2.19 bits per heavy atom. The van der Waals surface area contributed by atoms with Crippen molar-refractivity contribution in [3.05, 3.63) is 63.4 Å². The molecule has 1 aromatic heterocycles. The van der Waals surface area contributed by atoms with E-state index in [0.717, 1.165) is 18.5 Å². The van der Waals surface area contributed by atoms with Crippen LogP contribution in [0.2, 0.25) is 0 Å². The highest BCUT2D eigenvalue weighted by molar-refractivity contribution is 7.10. The van der Waals surface area contributed by atoms with Crippen LogP contribution in [0.3, 0.4) is 0 Å². The molecule has 0 N–H and O–H groups in total. The van der Waals surface area contributed by atoms with Gasteiger partial charge in [-0.1, -0.05) is 18.2 Å². The molecule has 2 aromatic rings. The van der Waals surface area contributed by atoms with Gasteiger partial charge < -0.3 is 4.90 Å². The smallest absolute Gasteiger partial charge is 0.246 e. The lowest BCUT2D eigenvalue weighted by Gasteiger charge is -2.25. The van der Waals surface area contributed by atoms with Crippen LogP contribution in [-0.4, -0.2) is 17.4 Å². The van der Waals surface area contributed by atoms with Gasteiger partial charge in [0.1, 0.15) is 0 Å². The van der Waals surface area contributed by atoms with Crippen molar-refractivity contribution in [1.82, 2.24) is 4.90 Å². The molecule has 0 saturated carbocycles. The van der Waals surface area contributed by atoms with Crippen molar-refractivity contribution in [3.63, 3.8) is 0 Å². The second kappa shape index (κ2) is 5.94. The number of carbonyl (C=O) groups excluding carboxylic acids is 1. The van der Waals surface area contributed by atoms with E-state index < -0.39 is 0 Å². The molecule has 4 heteroatoms. The van der Waals surface area contributed by atoms with Crippen LogP contribution in [0.5, 0.6) is 0 Å². The number of nitrogens with zero attached hydrogens (tertiary/aromatic N) is 2. The molecule has 1 aromatic carbocycles. The summed E-state index contributed by atoms with van der Waals surface area (Å²) in [7, 11) is 0. The Morgan fingerprint density at radius 1 is 1.33 bits per heavy atom. The molecule has 1 aliphatic heterocycles. The van der Waals surface area contributed by atoms with Crippen LogP contribution in [-0.2, 0) is 17.8 Å².